The molecule has 4 atom stereocenters. The minimum atomic E-state index is -0.872. The Morgan fingerprint density at radius 1 is 0.909 bits per heavy atom. The summed E-state index contributed by atoms with van der Waals surface area (Å²) in [6.07, 6.45) is 1.39. The van der Waals surface area contributed by atoms with E-state index in [0.29, 0.717) is 12.5 Å². The second kappa shape index (κ2) is 18.2. The summed E-state index contributed by atoms with van der Waals surface area (Å²) in [6.45, 7) is 21.8. The van der Waals surface area contributed by atoms with Gasteiger partial charge in [0.2, 0.25) is 17.7 Å². The number of esters is 1. The zero-order chi connectivity index (χ0) is 40.1. The molecule has 4 heterocycles. The van der Waals surface area contributed by atoms with Gasteiger partial charge in [0.25, 0.3) is 0 Å². The Labute approximate surface area is 331 Å². The van der Waals surface area contributed by atoms with E-state index in [0.717, 1.165) is 80.4 Å². The summed E-state index contributed by atoms with van der Waals surface area (Å²) in [5, 5.41) is 16.7. The maximum Gasteiger partial charge on any atom is 0.320 e. The molecule has 304 valence electrons. The molecule has 0 spiro atoms. The van der Waals surface area contributed by atoms with Crippen LogP contribution in [0.3, 0.4) is 0 Å². The lowest BCUT2D eigenvalue weighted by molar-refractivity contribution is -0.156. The minimum absolute atomic E-state index is 0.0291. The third-order valence-corrected chi connectivity index (χ3v) is 11.9. The smallest absolute Gasteiger partial charge is 0.320 e. The normalized spacial score (nSPS) is 21.9. The molecule has 2 aromatic rings. The molecular weight excluding hydrogens is 719 g/mol. The van der Waals surface area contributed by atoms with Crippen LogP contribution in [0.25, 0.3) is 10.4 Å². The highest BCUT2D eigenvalue weighted by Crippen LogP contribution is 2.30. The molecular formula is C41H63N7O6S. The van der Waals surface area contributed by atoms with E-state index >= 15 is 0 Å². The number of hydrogen-bond acceptors (Lipinski definition) is 11. The van der Waals surface area contributed by atoms with Crippen molar-refractivity contribution in [3.63, 3.8) is 0 Å². The highest BCUT2D eigenvalue weighted by Gasteiger charge is 2.45. The number of piperidine rings is 1. The molecule has 55 heavy (non-hydrogen) atoms. The Hall–Kier alpha value is -3.43. The van der Waals surface area contributed by atoms with Gasteiger partial charge >= 0.3 is 5.97 Å². The largest absolute Gasteiger partial charge is 0.459 e. The van der Waals surface area contributed by atoms with Crippen LogP contribution in [0.4, 0.5) is 0 Å². The summed E-state index contributed by atoms with van der Waals surface area (Å²) in [6, 6.07) is 5.97. The van der Waals surface area contributed by atoms with Gasteiger partial charge in [0, 0.05) is 45.7 Å². The zero-order valence-corrected chi connectivity index (χ0v) is 34.9. The number of piperazine rings is 1. The monoisotopic (exact) mass is 781 g/mol. The predicted molar refractivity (Wildman–Crippen MR) is 214 cm³/mol. The minimum Gasteiger partial charge on any atom is -0.459 e. The maximum atomic E-state index is 14.1. The Morgan fingerprint density at radius 3 is 2.11 bits per heavy atom. The molecule has 0 radical (unpaired) electrons. The average Bonchev–Trinajstić information content (AvgIpc) is 3.72. The van der Waals surface area contributed by atoms with Gasteiger partial charge in [-0.1, -0.05) is 45.0 Å². The number of ether oxygens (including phenoxy) is 1. The molecule has 3 aliphatic heterocycles. The highest BCUT2D eigenvalue weighted by molar-refractivity contribution is 7.13. The van der Waals surface area contributed by atoms with E-state index in [1.54, 1.807) is 11.3 Å². The highest BCUT2D eigenvalue weighted by atomic mass is 32.1. The Bertz CT molecular complexity index is 1620. The number of nitrogens with one attached hydrogen (secondary N) is 2. The van der Waals surface area contributed by atoms with Crippen LogP contribution >= 0.6 is 11.3 Å². The van der Waals surface area contributed by atoms with Gasteiger partial charge in [-0.3, -0.25) is 29.0 Å². The lowest BCUT2D eigenvalue weighted by Crippen LogP contribution is -2.59. The van der Waals surface area contributed by atoms with Gasteiger partial charge < -0.3 is 30.3 Å². The molecule has 0 saturated carbocycles. The number of aliphatic hydroxyl groups excluding tert-OH is 1. The number of carbonyl (C=O) groups is 4. The van der Waals surface area contributed by atoms with Gasteiger partial charge in [0.1, 0.15) is 17.7 Å². The molecule has 0 aliphatic carbocycles. The molecule has 1 aromatic carbocycles. The van der Waals surface area contributed by atoms with Gasteiger partial charge in [-0.25, -0.2) is 4.98 Å². The number of carbonyl (C=O) groups excluding carboxylic acids is 4. The van der Waals surface area contributed by atoms with E-state index in [-0.39, 0.29) is 49.2 Å². The van der Waals surface area contributed by atoms with Crippen molar-refractivity contribution >= 4 is 35.0 Å². The number of hydrogen-bond donors (Lipinski definition) is 3. The van der Waals surface area contributed by atoms with Gasteiger partial charge in [0.15, 0.2) is 0 Å². The van der Waals surface area contributed by atoms with Crippen molar-refractivity contribution < 1.29 is 29.0 Å². The van der Waals surface area contributed by atoms with Gasteiger partial charge in [-0.2, -0.15) is 0 Å². The van der Waals surface area contributed by atoms with Crippen LogP contribution < -0.4 is 10.6 Å². The summed E-state index contributed by atoms with van der Waals surface area (Å²) in [4.78, 5) is 67.2. The summed E-state index contributed by atoms with van der Waals surface area (Å²) >= 11 is 1.59. The van der Waals surface area contributed by atoms with Crippen LogP contribution in [0.1, 0.15) is 85.0 Å². The Kier molecular flexibility index (Phi) is 14.2. The van der Waals surface area contributed by atoms with Gasteiger partial charge in [-0.05, 0) is 83.0 Å². The number of amides is 3. The maximum absolute atomic E-state index is 14.1. The fraction of sp³-hybridized carbons (Fsp3) is 0.683. The fourth-order valence-corrected chi connectivity index (χ4v) is 8.62. The number of benzene rings is 1. The van der Waals surface area contributed by atoms with Crippen molar-refractivity contribution in [1.29, 1.82) is 0 Å². The van der Waals surface area contributed by atoms with Gasteiger partial charge in [-0.15, -0.1) is 11.3 Å². The number of β-amino-alcohol motifs (C(OH)–C–C–N with tert-alkyl or cyclic N) is 1. The van der Waals surface area contributed by atoms with Crippen LogP contribution in [-0.4, -0.2) is 143 Å². The fourth-order valence-electron chi connectivity index (χ4n) is 7.80. The molecule has 3 amide bonds. The van der Waals surface area contributed by atoms with Gasteiger partial charge in [0.05, 0.1) is 41.3 Å². The molecule has 14 heteroatoms. The Morgan fingerprint density at radius 2 is 1.53 bits per heavy atom. The molecule has 3 N–H and O–H groups in total. The predicted octanol–water partition coefficient (Wildman–Crippen LogP) is 3.46. The topological polar surface area (TPSA) is 148 Å². The van der Waals surface area contributed by atoms with Crippen LogP contribution in [-0.2, 0) is 23.9 Å². The number of rotatable bonds is 12. The van der Waals surface area contributed by atoms with Crippen molar-refractivity contribution in [1.82, 2.24) is 35.2 Å². The first-order chi connectivity index (χ1) is 25.9. The van der Waals surface area contributed by atoms with Crippen molar-refractivity contribution in [3.05, 3.63) is 41.0 Å². The first-order valence-corrected chi connectivity index (χ1v) is 20.7. The average molecular weight is 782 g/mol. The molecule has 13 nitrogen and oxygen atoms in total. The number of aromatic nitrogens is 1. The van der Waals surface area contributed by atoms with E-state index in [1.807, 2.05) is 85.2 Å². The molecule has 1 aromatic heterocycles. The third-order valence-electron chi connectivity index (χ3n) is 10.9. The van der Waals surface area contributed by atoms with Crippen LogP contribution in [0.5, 0.6) is 0 Å². The zero-order valence-electron chi connectivity index (χ0n) is 34.1. The third kappa shape index (κ3) is 12.0. The second-order valence-electron chi connectivity index (χ2n) is 17.8. The first-order valence-electron chi connectivity index (χ1n) is 19.8. The molecule has 5 rings (SSSR count). The summed E-state index contributed by atoms with van der Waals surface area (Å²) in [5.74, 6) is -0.519. The van der Waals surface area contributed by atoms with E-state index in [1.165, 1.54) is 4.90 Å². The number of aliphatic hydroxyl groups is 1. The van der Waals surface area contributed by atoms with E-state index in [2.05, 4.69) is 30.3 Å². The van der Waals surface area contributed by atoms with Crippen molar-refractivity contribution in [2.75, 3.05) is 65.4 Å². The van der Waals surface area contributed by atoms with E-state index in [9.17, 15) is 24.3 Å². The number of likely N-dealkylation sites (tertiary alicyclic amines) is 2. The molecule has 3 fully saturated rings. The van der Waals surface area contributed by atoms with Crippen molar-refractivity contribution in [3.8, 4) is 10.4 Å². The second-order valence-corrected chi connectivity index (χ2v) is 18.6. The SMILES string of the molecule is Cc1ncsc1-c1ccc([C@H](C)NC(=O)[C@@H]2C[C@@H](O)CN2C(=O)[C@@H](NC(=O)CN2CCN(CC3CCN(CC(=O)OC(C)(C)C)CC3)CC2)C(C)(C)C)cc1. The number of aryl methyl sites for hydroxylation is 1. The number of thiazole rings is 1. The van der Waals surface area contributed by atoms with E-state index < -0.39 is 29.2 Å². The summed E-state index contributed by atoms with van der Waals surface area (Å²) < 4.78 is 5.49. The Balaban J connectivity index is 1.08. The van der Waals surface area contributed by atoms with Crippen LogP contribution in [0.2, 0.25) is 0 Å². The number of nitrogens with zero attached hydrogens (tertiary/aromatic N) is 5. The van der Waals surface area contributed by atoms with Crippen LogP contribution in [0.15, 0.2) is 29.8 Å². The summed E-state index contributed by atoms with van der Waals surface area (Å²) in [5.41, 5.74) is 3.69. The van der Waals surface area contributed by atoms with E-state index in [4.69, 9.17) is 4.74 Å². The standard InChI is InChI=1S/C41H63N7O6S/c1-27(30-9-11-31(12-10-30)36-28(2)42-26-55-36)43-38(52)33-21-32(49)23-48(33)39(53)37(40(3,4)5)44-34(50)24-47-19-17-46(18-20-47)22-29-13-15-45(16-14-29)25-35(51)54-41(6,7)8/h9-12,26-27,29,32-33,37,49H,13-25H2,1-8H3,(H,43,52)(H,44,50)/t27-,32+,33-,37+/m0/s1. The van der Waals surface area contributed by atoms with Crippen molar-refractivity contribution in [2.24, 2.45) is 11.3 Å². The lowest BCUT2D eigenvalue weighted by atomic mass is 9.85. The van der Waals surface area contributed by atoms with Crippen molar-refractivity contribution in [2.45, 2.75) is 104 Å². The molecule has 3 saturated heterocycles. The lowest BCUT2D eigenvalue weighted by Gasteiger charge is -2.39. The quantitative estimate of drug-likeness (QED) is 0.274. The molecule has 0 bridgehead atoms. The molecule has 0 unspecified atom stereocenters. The van der Waals surface area contributed by atoms with Crippen LogP contribution in [0, 0.1) is 18.3 Å². The first kappa shape index (κ1) is 42.7. The summed E-state index contributed by atoms with van der Waals surface area (Å²) in [7, 11) is 0. The molecule has 3 aliphatic rings.